The summed E-state index contributed by atoms with van der Waals surface area (Å²) >= 11 is 0. The number of amides is 2. The molecular weight excluding hydrogens is 358 g/mol. The minimum atomic E-state index is -0.872. The predicted octanol–water partition coefficient (Wildman–Crippen LogP) is 0.912. The Morgan fingerprint density at radius 2 is 2.11 bits per heavy atom. The molecule has 4 rings (SSSR count). The first kappa shape index (κ1) is 18.4. The van der Waals surface area contributed by atoms with Gasteiger partial charge in [0.15, 0.2) is 0 Å². The van der Waals surface area contributed by atoms with Crippen LogP contribution in [0.2, 0.25) is 0 Å². The van der Waals surface area contributed by atoms with Crippen LogP contribution in [0.5, 0.6) is 5.75 Å². The molecule has 2 aromatic rings. The number of carbonyl (C=O) groups is 2. The number of benzene rings is 1. The van der Waals surface area contributed by atoms with Crippen LogP contribution < -0.4 is 10.1 Å². The number of likely N-dealkylation sites (tertiary alicyclic amines) is 1. The molecule has 2 aliphatic heterocycles. The van der Waals surface area contributed by atoms with Crippen LogP contribution in [0.25, 0.3) is 0 Å². The highest BCUT2D eigenvalue weighted by atomic mass is 16.5. The Morgan fingerprint density at radius 1 is 1.29 bits per heavy atom. The monoisotopic (exact) mass is 381 g/mol. The quantitative estimate of drug-likeness (QED) is 0.803. The Hall–Kier alpha value is -2.93. The van der Waals surface area contributed by atoms with Crippen molar-refractivity contribution in [2.75, 3.05) is 19.8 Å². The smallest absolute Gasteiger partial charge is 0.226 e. The Kier molecular flexibility index (Phi) is 5.00. The number of carbonyl (C=O) groups excluding carboxylic acids is 2. The highest BCUT2D eigenvalue weighted by Crippen LogP contribution is 2.30. The fraction of sp³-hybridized carbons (Fsp3) is 0.381. The van der Waals surface area contributed by atoms with E-state index in [1.165, 1.54) is 0 Å². The molecule has 0 saturated carbocycles. The van der Waals surface area contributed by atoms with Crippen LogP contribution in [0, 0.1) is 5.92 Å². The lowest BCUT2D eigenvalue weighted by atomic mass is 9.88. The van der Waals surface area contributed by atoms with Gasteiger partial charge >= 0.3 is 0 Å². The molecule has 0 aliphatic carbocycles. The Bertz CT molecular complexity index is 873. The van der Waals surface area contributed by atoms with Crippen molar-refractivity contribution in [3.8, 4) is 5.75 Å². The molecule has 0 bridgehead atoms. The fourth-order valence-corrected chi connectivity index (χ4v) is 3.79. The summed E-state index contributed by atoms with van der Waals surface area (Å²) in [6, 6.07) is 13.2. The van der Waals surface area contributed by atoms with E-state index < -0.39 is 11.5 Å². The van der Waals surface area contributed by atoms with Gasteiger partial charge in [-0.2, -0.15) is 0 Å². The van der Waals surface area contributed by atoms with Gasteiger partial charge in [0.05, 0.1) is 24.8 Å². The van der Waals surface area contributed by atoms with Crippen LogP contribution >= 0.6 is 0 Å². The molecule has 28 heavy (non-hydrogen) atoms. The summed E-state index contributed by atoms with van der Waals surface area (Å²) in [7, 11) is 0. The largest absolute Gasteiger partial charge is 0.491 e. The van der Waals surface area contributed by atoms with E-state index in [2.05, 4.69) is 10.3 Å². The molecule has 1 aromatic carbocycles. The van der Waals surface area contributed by atoms with E-state index in [0.717, 1.165) is 17.0 Å². The summed E-state index contributed by atoms with van der Waals surface area (Å²) in [5.74, 6) is 0.0400. The number of aliphatic hydroxyl groups excluding tert-OH is 1. The van der Waals surface area contributed by atoms with Crippen molar-refractivity contribution in [3.63, 3.8) is 0 Å². The second-order valence-corrected chi connectivity index (χ2v) is 7.50. The normalized spacial score (nSPS) is 23.8. The number of pyridine rings is 1. The van der Waals surface area contributed by atoms with Gasteiger partial charge in [-0.3, -0.25) is 14.6 Å². The van der Waals surface area contributed by atoms with E-state index in [1.54, 1.807) is 11.1 Å². The van der Waals surface area contributed by atoms with E-state index in [9.17, 15) is 14.7 Å². The number of fused-ring (bicyclic) bond motifs is 1. The molecule has 1 fully saturated rings. The molecule has 0 radical (unpaired) electrons. The topological polar surface area (TPSA) is 91.8 Å². The second-order valence-electron chi connectivity index (χ2n) is 7.50. The van der Waals surface area contributed by atoms with Gasteiger partial charge in [-0.1, -0.05) is 24.3 Å². The maximum absolute atomic E-state index is 12.9. The van der Waals surface area contributed by atoms with E-state index in [0.29, 0.717) is 19.5 Å². The Labute approximate surface area is 163 Å². The van der Waals surface area contributed by atoms with Gasteiger partial charge in [-0.15, -0.1) is 0 Å². The number of hydrogen-bond acceptors (Lipinski definition) is 5. The van der Waals surface area contributed by atoms with E-state index in [1.807, 2.05) is 42.5 Å². The summed E-state index contributed by atoms with van der Waals surface area (Å²) in [6.45, 7) is 0.710. The third-order valence-electron chi connectivity index (χ3n) is 5.36. The molecule has 2 aliphatic rings. The SMILES string of the molecule is O=C(NC1(CO)COc2ccccc2C1)C1CC(=O)N(Cc2ccccn2)C1. The zero-order valence-electron chi connectivity index (χ0n) is 15.5. The maximum atomic E-state index is 12.9. The number of aromatic nitrogens is 1. The molecule has 7 nitrogen and oxygen atoms in total. The van der Waals surface area contributed by atoms with Crippen LogP contribution in [-0.4, -0.2) is 52.1 Å². The Morgan fingerprint density at radius 3 is 2.89 bits per heavy atom. The van der Waals surface area contributed by atoms with Crippen LogP contribution in [0.4, 0.5) is 0 Å². The van der Waals surface area contributed by atoms with Crippen molar-refractivity contribution in [1.82, 2.24) is 15.2 Å². The molecular formula is C21H23N3O4. The first-order chi connectivity index (χ1) is 13.6. The van der Waals surface area contributed by atoms with E-state index in [-0.39, 0.29) is 31.4 Å². The van der Waals surface area contributed by atoms with Gasteiger partial charge < -0.3 is 20.1 Å². The second kappa shape index (κ2) is 7.59. The third-order valence-corrected chi connectivity index (χ3v) is 5.36. The van der Waals surface area contributed by atoms with Crippen molar-refractivity contribution in [1.29, 1.82) is 0 Å². The third kappa shape index (κ3) is 3.71. The fourth-order valence-electron chi connectivity index (χ4n) is 3.79. The van der Waals surface area contributed by atoms with Crippen LogP contribution in [0.1, 0.15) is 17.7 Å². The summed E-state index contributed by atoms with van der Waals surface area (Å²) < 4.78 is 5.75. The molecule has 7 heteroatoms. The standard InChI is InChI=1S/C21H23N3O4/c25-13-21(10-15-5-1-2-7-18(15)28-14-21)23-20(27)16-9-19(26)24(11-16)12-17-6-3-4-8-22-17/h1-8,16,25H,9-14H2,(H,23,27). The van der Waals surface area contributed by atoms with Crippen molar-refractivity contribution in [2.45, 2.75) is 24.9 Å². The summed E-state index contributed by atoms with van der Waals surface area (Å²) in [5, 5.41) is 12.9. The van der Waals surface area contributed by atoms with E-state index in [4.69, 9.17) is 4.74 Å². The van der Waals surface area contributed by atoms with Crippen LogP contribution in [-0.2, 0) is 22.6 Å². The van der Waals surface area contributed by atoms with Gasteiger partial charge in [0.2, 0.25) is 11.8 Å². The van der Waals surface area contributed by atoms with Crippen molar-refractivity contribution < 1.29 is 19.4 Å². The zero-order valence-corrected chi connectivity index (χ0v) is 15.5. The van der Waals surface area contributed by atoms with Gasteiger partial charge in [-0.05, 0) is 23.8 Å². The average molecular weight is 381 g/mol. The molecule has 2 atom stereocenters. The van der Waals surface area contributed by atoms with Gasteiger partial charge in [0.1, 0.15) is 17.9 Å². The number of nitrogens with one attached hydrogen (secondary N) is 1. The number of para-hydroxylation sites is 1. The minimum Gasteiger partial charge on any atom is -0.491 e. The zero-order chi connectivity index (χ0) is 19.6. The molecule has 3 heterocycles. The highest BCUT2D eigenvalue weighted by molar-refractivity contribution is 5.89. The van der Waals surface area contributed by atoms with Gasteiger partial charge in [0, 0.05) is 25.6 Å². The lowest BCUT2D eigenvalue weighted by Gasteiger charge is -2.37. The van der Waals surface area contributed by atoms with Crippen LogP contribution in [0.15, 0.2) is 48.7 Å². The number of nitrogens with zero attached hydrogens (tertiary/aromatic N) is 2. The predicted molar refractivity (Wildman–Crippen MR) is 101 cm³/mol. The molecule has 1 aromatic heterocycles. The molecule has 2 N–H and O–H groups in total. The van der Waals surface area contributed by atoms with Crippen molar-refractivity contribution in [2.24, 2.45) is 5.92 Å². The molecule has 1 saturated heterocycles. The lowest BCUT2D eigenvalue weighted by Crippen LogP contribution is -2.59. The van der Waals surface area contributed by atoms with Gasteiger partial charge in [-0.25, -0.2) is 0 Å². The first-order valence-corrected chi connectivity index (χ1v) is 9.40. The number of aliphatic hydroxyl groups is 1. The van der Waals surface area contributed by atoms with E-state index >= 15 is 0 Å². The summed E-state index contributed by atoms with van der Waals surface area (Å²) in [4.78, 5) is 31.1. The van der Waals surface area contributed by atoms with Crippen molar-refractivity contribution >= 4 is 11.8 Å². The van der Waals surface area contributed by atoms with Crippen LogP contribution in [0.3, 0.4) is 0 Å². The molecule has 2 amide bonds. The highest BCUT2D eigenvalue weighted by Gasteiger charge is 2.41. The maximum Gasteiger partial charge on any atom is 0.226 e. The summed E-state index contributed by atoms with van der Waals surface area (Å²) in [5.41, 5.74) is 0.867. The first-order valence-electron chi connectivity index (χ1n) is 9.40. The molecule has 146 valence electrons. The van der Waals surface area contributed by atoms with Crippen molar-refractivity contribution in [3.05, 3.63) is 59.9 Å². The minimum absolute atomic E-state index is 0.0610. The number of hydrogen-bond donors (Lipinski definition) is 2. The number of rotatable bonds is 5. The average Bonchev–Trinajstić information content (AvgIpc) is 3.09. The molecule has 2 unspecified atom stereocenters. The van der Waals surface area contributed by atoms with Gasteiger partial charge in [0.25, 0.3) is 0 Å². The lowest BCUT2D eigenvalue weighted by molar-refractivity contribution is -0.130. The summed E-state index contributed by atoms with van der Waals surface area (Å²) in [6.07, 6.45) is 2.34. The Balaban J connectivity index is 1.41. The number of ether oxygens (including phenoxy) is 1. The molecule has 0 spiro atoms.